The van der Waals surface area contributed by atoms with Crippen molar-refractivity contribution in [2.45, 2.75) is 51.4 Å². The molecule has 0 spiro atoms. The number of benzene rings is 2. The summed E-state index contributed by atoms with van der Waals surface area (Å²) in [5, 5.41) is 0.672. The van der Waals surface area contributed by atoms with Crippen LogP contribution in [0.15, 0.2) is 48.5 Å². The van der Waals surface area contributed by atoms with Crippen molar-refractivity contribution >= 4 is 29.4 Å². The van der Waals surface area contributed by atoms with Crippen molar-refractivity contribution in [2.75, 3.05) is 0 Å². The zero-order chi connectivity index (χ0) is 20.2. The molecule has 0 saturated heterocycles. The van der Waals surface area contributed by atoms with Crippen molar-refractivity contribution < 1.29 is 14.2 Å². The van der Waals surface area contributed by atoms with E-state index in [2.05, 4.69) is 19.1 Å². The molecule has 2 saturated carbocycles. The molecule has 1 unspecified atom stereocenters. The molecule has 3 aliphatic carbocycles. The number of carbonyl (C=O) groups excluding carboxylic acids is 1. The summed E-state index contributed by atoms with van der Waals surface area (Å²) in [6.07, 6.45) is 6.09. The van der Waals surface area contributed by atoms with Gasteiger partial charge in [-0.3, -0.25) is 4.79 Å². The monoisotopic (exact) mass is 426 g/mol. The average Bonchev–Trinajstić information content (AvgIpc) is 3.03. The lowest BCUT2D eigenvalue weighted by Crippen LogP contribution is -2.42. The van der Waals surface area contributed by atoms with Crippen LogP contribution in [0.2, 0.25) is 0 Å². The first kappa shape index (κ1) is 19.5. The summed E-state index contributed by atoms with van der Waals surface area (Å²) in [4.78, 5) is 23.3. The van der Waals surface area contributed by atoms with Gasteiger partial charge in [-0.2, -0.15) is 0 Å². The normalized spacial score (nSPS) is 32.6. The van der Waals surface area contributed by atoms with E-state index in [1.165, 1.54) is 11.1 Å². The van der Waals surface area contributed by atoms with E-state index in [4.69, 9.17) is 16.3 Å². The van der Waals surface area contributed by atoms with E-state index in [9.17, 15) is 9.69 Å². The Morgan fingerprint density at radius 1 is 1.10 bits per heavy atom. The highest BCUT2D eigenvalue weighted by atomic mass is 32.5. The first-order valence-corrected chi connectivity index (χ1v) is 13.3. The van der Waals surface area contributed by atoms with Crippen LogP contribution in [0.3, 0.4) is 0 Å². The van der Waals surface area contributed by atoms with Crippen molar-refractivity contribution in [1.82, 2.24) is 0 Å². The summed E-state index contributed by atoms with van der Waals surface area (Å²) in [7, 11) is 0. The molecule has 0 bridgehead atoms. The van der Waals surface area contributed by atoms with Crippen molar-refractivity contribution in [1.29, 1.82) is 0 Å². The molecule has 0 radical (unpaired) electrons. The molecule has 2 aromatic carbocycles. The van der Waals surface area contributed by atoms with Gasteiger partial charge in [-0.05, 0) is 97.1 Å². The van der Waals surface area contributed by atoms with Gasteiger partial charge < -0.3 is 9.42 Å². The third-order valence-corrected chi connectivity index (χ3v) is 9.98. The number of rotatable bonds is 3. The Kier molecular flexibility index (Phi) is 4.73. The largest absolute Gasteiger partial charge is 0.440 e. The maximum absolute atomic E-state index is 12.5. The van der Waals surface area contributed by atoms with E-state index in [0.29, 0.717) is 34.6 Å². The SMILES string of the molecule is C[C@]12CC[C@@H]3c4ccc(OP(O)(=S)c5ccccc5)cc4CC[C@H]3[C@@H]1CCC2=O. The Bertz CT molecular complexity index is 1000. The summed E-state index contributed by atoms with van der Waals surface area (Å²) in [5.41, 5.74) is 2.65. The number of hydrogen-bond donors (Lipinski definition) is 1. The maximum Gasteiger partial charge on any atom is 0.266 e. The van der Waals surface area contributed by atoms with Crippen LogP contribution in [0.4, 0.5) is 0 Å². The third-order valence-electron chi connectivity index (χ3n) is 7.72. The van der Waals surface area contributed by atoms with Crippen LogP contribution in [0.25, 0.3) is 0 Å². The summed E-state index contributed by atoms with van der Waals surface area (Å²) < 4.78 is 5.93. The van der Waals surface area contributed by atoms with E-state index in [1.807, 2.05) is 36.4 Å². The fourth-order valence-electron chi connectivity index (χ4n) is 6.20. The second-order valence-corrected chi connectivity index (χ2v) is 12.4. The van der Waals surface area contributed by atoms with Crippen LogP contribution in [-0.2, 0) is 23.0 Å². The smallest absolute Gasteiger partial charge is 0.266 e. The van der Waals surface area contributed by atoms with E-state index in [1.54, 1.807) is 0 Å². The van der Waals surface area contributed by atoms with Gasteiger partial charge >= 0.3 is 0 Å². The third kappa shape index (κ3) is 3.21. The molecule has 152 valence electrons. The van der Waals surface area contributed by atoms with Crippen LogP contribution < -0.4 is 9.83 Å². The van der Waals surface area contributed by atoms with Gasteiger partial charge in [0.1, 0.15) is 11.5 Å². The minimum Gasteiger partial charge on any atom is -0.440 e. The zero-order valence-corrected chi connectivity index (χ0v) is 18.4. The van der Waals surface area contributed by atoms with E-state index < -0.39 is 6.49 Å². The van der Waals surface area contributed by atoms with Crippen LogP contribution in [-0.4, -0.2) is 10.7 Å². The molecule has 2 aromatic rings. The zero-order valence-electron chi connectivity index (χ0n) is 16.7. The van der Waals surface area contributed by atoms with Gasteiger partial charge in [-0.25, -0.2) is 0 Å². The lowest BCUT2D eigenvalue weighted by Gasteiger charge is -2.48. The van der Waals surface area contributed by atoms with Gasteiger partial charge in [-0.15, -0.1) is 0 Å². The van der Waals surface area contributed by atoms with Gasteiger partial charge in [0.05, 0.1) is 0 Å². The van der Waals surface area contributed by atoms with Gasteiger partial charge in [0, 0.05) is 17.1 Å². The van der Waals surface area contributed by atoms with E-state index in [0.717, 1.165) is 38.5 Å². The highest BCUT2D eigenvalue weighted by Gasteiger charge is 2.54. The average molecular weight is 427 g/mol. The summed E-state index contributed by atoms with van der Waals surface area (Å²) >= 11 is 5.43. The predicted octanol–water partition coefficient (Wildman–Crippen LogP) is 5.12. The Balaban J connectivity index is 1.40. The lowest BCUT2D eigenvalue weighted by atomic mass is 9.55. The Labute approximate surface area is 177 Å². The summed E-state index contributed by atoms with van der Waals surface area (Å²) in [5.74, 6) is 2.86. The predicted molar refractivity (Wildman–Crippen MR) is 119 cm³/mol. The number of aryl methyl sites for hydroxylation is 1. The number of fused-ring (bicyclic) bond motifs is 5. The Morgan fingerprint density at radius 3 is 2.69 bits per heavy atom. The minimum absolute atomic E-state index is 0.0826. The molecule has 0 heterocycles. The molecule has 5 heteroatoms. The van der Waals surface area contributed by atoms with E-state index in [-0.39, 0.29) is 5.41 Å². The minimum atomic E-state index is -3.07. The molecule has 5 rings (SSSR count). The summed E-state index contributed by atoms with van der Waals surface area (Å²) in [6.45, 7) is -0.851. The molecule has 1 N–H and O–H groups in total. The van der Waals surface area contributed by atoms with Crippen molar-refractivity contribution in [3.8, 4) is 5.75 Å². The number of carbonyl (C=O) groups is 1. The van der Waals surface area contributed by atoms with Crippen molar-refractivity contribution in [3.63, 3.8) is 0 Å². The number of ketones is 1. The van der Waals surface area contributed by atoms with E-state index >= 15 is 0 Å². The molecular formula is C24H27O3PS. The molecule has 3 nitrogen and oxygen atoms in total. The second-order valence-electron chi connectivity index (χ2n) is 9.14. The van der Waals surface area contributed by atoms with Crippen LogP contribution in [0, 0.1) is 17.3 Å². The standard InChI is InChI=1S/C24H27O3PS/c1-24-14-13-20-19-10-8-17(27-28(26,29)18-5-3-2-4-6-18)15-16(19)7-9-21(20)22(24)11-12-23(24)25/h2-6,8,10,15,20-22H,7,9,11-14H2,1H3,(H,26,29)/t20-,21-,22+,24+,28?/m1/s1. The molecular weight excluding hydrogens is 399 g/mol. The van der Waals surface area contributed by atoms with Crippen LogP contribution in [0.5, 0.6) is 5.75 Å². The van der Waals surface area contributed by atoms with Gasteiger partial charge in [0.2, 0.25) is 0 Å². The van der Waals surface area contributed by atoms with Gasteiger partial charge in [0.15, 0.2) is 0 Å². The summed E-state index contributed by atoms with van der Waals surface area (Å²) in [6, 6.07) is 15.5. The fraction of sp³-hybridized carbons (Fsp3) is 0.458. The van der Waals surface area contributed by atoms with Crippen molar-refractivity contribution in [3.05, 3.63) is 59.7 Å². The van der Waals surface area contributed by atoms with Gasteiger partial charge in [0.25, 0.3) is 6.49 Å². The molecule has 2 fully saturated rings. The molecule has 5 atom stereocenters. The highest BCUT2D eigenvalue weighted by molar-refractivity contribution is 8.13. The topological polar surface area (TPSA) is 46.5 Å². The van der Waals surface area contributed by atoms with Crippen LogP contribution in [0.1, 0.15) is 56.1 Å². The number of Topliss-reactive ketones (excluding diaryl/α,β-unsaturated/α-hetero) is 1. The molecule has 29 heavy (non-hydrogen) atoms. The second kappa shape index (κ2) is 7.04. The quantitative estimate of drug-likeness (QED) is 0.692. The molecule has 0 amide bonds. The Hall–Kier alpha value is -1.48. The molecule has 0 aromatic heterocycles. The van der Waals surface area contributed by atoms with Crippen LogP contribution >= 0.6 is 6.49 Å². The Morgan fingerprint density at radius 2 is 1.90 bits per heavy atom. The number of hydrogen-bond acceptors (Lipinski definition) is 3. The maximum atomic E-state index is 12.5. The molecule has 0 aliphatic heterocycles. The molecule has 3 aliphatic rings. The van der Waals surface area contributed by atoms with Crippen molar-refractivity contribution in [2.24, 2.45) is 17.3 Å². The fourth-order valence-corrected chi connectivity index (χ4v) is 7.88. The highest BCUT2D eigenvalue weighted by Crippen LogP contribution is 2.59. The first-order valence-electron chi connectivity index (χ1n) is 10.6. The van der Waals surface area contributed by atoms with Gasteiger partial charge in [-0.1, -0.05) is 31.2 Å². The first-order chi connectivity index (χ1) is 13.9. The lowest BCUT2D eigenvalue weighted by molar-refractivity contribution is -0.129.